The Kier molecular flexibility index (Phi) is 5.08. The van der Waals surface area contributed by atoms with Crippen molar-refractivity contribution in [3.63, 3.8) is 0 Å². The van der Waals surface area contributed by atoms with Gasteiger partial charge in [0.15, 0.2) is 5.82 Å². The molecule has 5 nitrogen and oxygen atoms in total. The lowest BCUT2D eigenvalue weighted by atomic mass is 10.1. The molecule has 0 aliphatic heterocycles. The highest BCUT2D eigenvalue weighted by atomic mass is 32.1. The minimum Gasteiger partial charge on any atom is -0.392 e. The summed E-state index contributed by atoms with van der Waals surface area (Å²) in [4.78, 5) is 12.2. The molecule has 1 atom stereocenters. The lowest BCUT2D eigenvalue weighted by Crippen LogP contribution is -2.28. The van der Waals surface area contributed by atoms with Gasteiger partial charge in [0.2, 0.25) is 0 Å². The van der Waals surface area contributed by atoms with Gasteiger partial charge in [0.05, 0.1) is 11.5 Å². The molecule has 1 aromatic carbocycles. The molecule has 1 unspecified atom stereocenters. The molecule has 24 heavy (non-hydrogen) atoms. The van der Waals surface area contributed by atoms with E-state index in [4.69, 9.17) is 4.74 Å². The maximum Gasteiger partial charge on any atom is 0.158 e. The van der Waals surface area contributed by atoms with Crippen molar-refractivity contribution < 1.29 is 9.84 Å². The minimum atomic E-state index is -0.440. The average molecular weight is 343 g/mol. The van der Waals surface area contributed by atoms with Crippen molar-refractivity contribution in [1.29, 1.82) is 0 Å². The molecule has 1 N–H and O–H groups in total. The Morgan fingerprint density at radius 3 is 2.67 bits per heavy atom. The third-order valence-electron chi connectivity index (χ3n) is 3.72. The molecule has 0 amide bonds. The second-order valence-corrected chi connectivity index (χ2v) is 6.68. The first-order chi connectivity index (χ1) is 11.6. The summed E-state index contributed by atoms with van der Waals surface area (Å²) in [5.41, 5.74) is 2.26. The van der Waals surface area contributed by atoms with E-state index in [1.54, 1.807) is 25.4 Å². The largest absolute Gasteiger partial charge is 0.392 e. The number of fused-ring (bicyclic) bond motifs is 1. The highest BCUT2D eigenvalue weighted by Gasteiger charge is 2.18. The molecule has 0 saturated heterocycles. The zero-order chi connectivity index (χ0) is 17.1. The van der Waals surface area contributed by atoms with E-state index in [-0.39, 0.29) is 0 Å². The Balaban J connectivity index is 2.18. The van der Waals surface area contributed by atoms with E-state index in [0.29, 0.717) is 19.0 Å². The van der Waals surface area contributed by atoms with Crippen LogP contribution < -0.4 is 4.90 Å². The minimum absolute atomic E-state index is 0.365. The van der Waals surface area contributed by atoms with E-state index in [1.165, 1.54) is 0 Å². The first-order valence-electron chi connectivity index (χ1n) is 7.81. The van der Waals surface area contributed by atoms with E-state index in [9.17, 15) is 5.11 Å². The van der Waals surface area contributed by atoms with Crippen molar-refractivity contribution in [2.45, 2.75) is 19.6 Å². The Morgan fingerprint density at radius 2 is 2.00 bits per heavy atom. The average Bonchev–Trinajstić information content (AvgIpc) is 2.98. The second-order valence-electron chi connectivity index (χ2n) is 5.82. The summed E-state index contributed by atoms with van der Waals surface area (Å²) in [6, 6.07) is 10.2. The number of thiophene rings is 1. The Hall–Kier alpha value is -2.02. The van der Waals surface area contributed by atoms with Crippen LogP contribution in [0.1, 0.15) is 12.7 Å². The van der Waals surface area contributed by atoms with Gasteiger partial charge in [-0.05, 0) is 12.5 Å². The van der Waals surface area contributed by atoms with Crippen molar-refractivity contribution in [2.75, 3.05) is 25.6 Å². The molecule has 0 fully saturated rings. The van der Waals surface area contributed by atoms with Gasteiger partial charge in [0, 0.05) is 31.6 Å². The van der Waals surface area contributed by atoms with Crippen molar-refractivity contribution >= 4 is 27.4 Å². The van der Waals surface area contributed by atoms with Crippen molar-refractivity contribution in [2.24, 2.45) is 0 Å². The fraction of sp³-hybridized carbons (Fsp3) is 0.333. The fourth-order valence-electron chi connectivity index (χ4n) is 2.75. The maximum atomic E-state index is 9.76. The van der Waals surface area contributed by atoms with Gasteiger partial charge in [0.25, 0.3) is 0 Å². The first kappa shape index (κ1) is 16.8. The number of likely N-dealkylation sites (N-methyl/N-ethyl adjacent to an activating group) is 1. The lowest BCUT2D eigenvalue weighted by Gasteiger charge is -2.21. The third kappa shape index (κ3) is 3.40. The molecule has 6 heteroatoms. The van der Waals surface area contributed by atoms with E-state index >= 15 is 0 Å². The summed E-state index contributed by atoms with van der Waals surface area (Å²) in [6.07, 6.45) is -0.440. The number of anilines is 1. The Morgan fingerprint density at radius 1 is 1.25 bits per heavy atom. The number of methoxy groups -OCH3 is 1. The normalized spacial score (nSPS) is 12.5. The quantitative estimate of drug-likeness (QED) is 0.744. The van der Waals surface area contributed by atoms with Gasteiger partial charge in [0.1, 0.15) is 17.3 Å². The molecular weight excluding hydrogens is 322 g/mol. The van der Waals surface area contributed by atoms with Crippen LogP contribution in [-0.2, 0) is 11.3 Å². The number of aliphatic hydroxyl groups excluding tert-OH is 1. The number of hydrogen-bond donors (Lipinski definition) is 1. The van der Waals surface area contributed by atoms with E-state index in [0.717, 1.165) is 27.2 Å². The number of aromatic nitrogens is 2. The number of benzene rings is 1. The van der Waals surface area contributed by atoms with Crippen LogP contribution in [0.2, 0.25) is 0 Å². The molecule has 0 radical (unpaired) electrons. The summed E-state index contributed by atoms with van der Waals surface area (Å²) < 4.78 is 5.20. The number of ether oxygens (including phenoxy) is 1. The Labute approximate surface area is 145 Å². The molecule has 126 valence electrons. The monoisotopic (exact) mass is 343 g/mol. The third-order valence-corrected chi connectivity index (χ3v) is 4.59. The maximum absolute atomic E-state index is 9.76. The lowest BCUT2D eigenvalue weighted by molar-refractivity contribution is 0.178. The smallest absolute Gasteiger partial charge is 0.158 e. The number of rotatable bonds is 6. The highest BCUT2D eigenvalue weighted by molar-refractivity contribution is 7.17. The molecule has 3 aromatic rings. The second kappa shape index (κ2) is 7.25. The van der Waals surface area contributed by atoms with Crippen LogP contribution in [0.25, 0.3) is 21.3 Å². The SMILES string of the molecule is COCc1nc(N(C)CC(C)O)c2c(-c3ccccc3)csc2n1. The molecule has 3 rings (SSSR count). The summed E-state index contributed by atoms with van der Waals surface area (Å²) >= 11 is 1.60. The van der Waals surface area contributed by atoms with Crippen LogP contribution in [0.5, 0.6) is 0 Å². The summed E-state index contributed by atoms with van der Waals surface area (Å²) in [6.45, 7) is 2.64. The highest BCUT2D eigenvalue weighted by Crippen LogP contribution is 2.38. The first-order valence-corrected chi connectivity index (χ1v) is 8.69. The Bertz CT molecular complexity index is 818. The molecule has 0 aliphatic carbocycles. The van der Waals surface area contributed by atoms with Gasteiger partial charge < -0.3 is 14.7 Å². The van der Waals surface area contributed by atoms with E-state index in [2.05, 4.69) is 27.5 Å². The summed E-state index contributed by atoms with van der Waals surface area (Å²) in [7, 11) is 3.58. The fourth-order valence-corrected chi connectivity index (χ4v) is 3.71. The van der Waals surface area contributed by atoms with Crippen molar-refractivity contribution in [3.8, 4) is 11.1 Å². The van der Waals surface area contributed by atoms with E-state index < -0.39 is 6.10 Å². The van der Waals surface area contributed by atoms with Gasteiger partial charge in [-0.25, -0.2) is 9.97 Å². The summed E-state index contributed by atoms with van der Waals surface area (Å²) in [5, 5.41) is 12.9. The number of hydrogen-bond acceptors (Lipinski definition) is 6. The number of nitrogens with zero attached hydrogens (tertiary/aromatic N) is 3. The molecule has 0 saturated carbocycles. The van der Waals surface area contributed by atoms with Gasteiger partial charge in [-0.2, -0.15) is 0 Å². The zero-order valence-corrected chi connectivity index (χ0v) is 14.9. The van der Waals surface area contributed by atoms with Crippen LogP contribution in [0, 0.1) is 0 Å². The van der Waals surface area contributed by atoms with Crippen LogP contribution in [0.15, 0.2) is 35.7 Å². The topological polar surface area (TPSA) is 58.5 Å². The molecular formula is C18H21N3O2S. The molecule has 2 heterocycles. The van der Waals surface area contributed by atoms with Gasteiger partial charge in [-0.15, -0.1) is 11.3 Å². The van der Waals surface area contributed by atoms with Gasteiger partial charge in [-0.1, -0.05) is 30.3 Å². The summed E-state index contributed by atoms with van der Waals surface area (Å²) in [5.74, 6) is 1.48. The number of aliphatic hydroxyl groups is 1. The standard InChI is InChI=1S/C18H21N3O2S/c1-12(22)9-21(2)17-16-14(13-7-5-4-6-8-13)11-24-18(16)20-15(19-17)10-23-3/h4-8,11-12,22H,9-10H2,1-3H3. The molecule has 2 aromatic heterocycles. The molecule has 0 spiro atoms. The van der Waals surface area contributed by atoms with Crippen LogP contribution in [0.4, 0.5) is 5.82 Å². The van der Waals surface area contributed by atoms with Crippen LogP contribution in [-0.4, -0.2) is 41.9 Å². The van der Waals surface area contributed by atoms with Crippen LogP contribution >= 0.6 is 11.3 Å². The van der Waals surface area contributed by atoms with Crippen LogP contribution in [0.3, 0.4) is 0 Å². The predicted octanol–water partition coefficient (Wildman–Crippen LogP) is 3.32. The van der Waals surface area contributed by atoms with Crippen molar-refractivity contribution in [1.82, 2.24) is 9.97 Å². The molecule has 0 aliphatic rings. The zero-order valence-electron chi connectivity index (χ0n) is 14.1. The van der Waals surface area contributed by atoms with E-state index in [1.807, 2.05) is 30.1 Å². The van der Waals surface area contributed by atoms with Crippen molar-refractivity contribution in [3.05, 3.63) is 41.5 Å². The molecule has 0 bridgehead atoms. The predicted molar refractivity (Wildman–Crippen MR) is 98.5 cm³/mol. The van der Waals surface area contributed by atoms with Gasteiger partial charge >= 0.3 is 0 Å². The van der Waals surface area contributed by atoms with Gasteiger partial charge in [-0.3, -0.25) is 0 Å².